The van der Waals surface area contributed by atoms with Crippen molar-refractivity contribution >= 4 is 21.6 Å². The maximum atomic E-state index is 13.4. The van der Waals surface area contributed by atoms with Gasteiger partial charge in [0.05, 0.1) is 23.3 Å². The van der Waals surface area contributed by atoms with Crippen LogP contribution in [0, 0.1) is 6.92 Å². The molecule has 162 valence electrons. The third-order valence-corrected chi connectivity index (χ3v) is 6.67. The Labute approximate surface area is 178 Å². The summed E-state index contributed by atoms with van der Waals surface area (Å²) in [7, 11) is -3.95. The number of carbonyl (C=O) groups is 1. The Morgan fingerprint density at radius 1 is 1.17 bits per heavy atom. The number of rotatable bonds is 9. The fraction of sp³-hybridized carbons (Fsp3) is 0.409. The Bertz CT molecular complexity index is 936. The third kappa shape index (κ3) is 5.52. The lowest BCUT2D eigenvalue weighted by atomic mass is 10.2. The third-order valence-electron chi connectivity index (χ3n) is 4.88. The summed E-state index contributed by atoms with van der Waals surface area (Å²) < 4.78 is 38.8. The van der Waals surface area contributed by atoms with Crippen molar-refractivity contribution < 1.29 is 22.7 Å². The summed E-state index contributed by atoms with van der Waals surface area (Å²) in [5.41, 5.74) is 1.43. The lowest BCUT2D eigenvalue weighted by molar-refractivity contribution is -0.120. The number of carbonyl (C=O) groups excluding carboxylic acids is 1. The van der Waals surface area contributed by atoms with Crippen LogP contribution in [0.15, 0.2) is 53.4 Å². The fourth-order valence-corrected chi connectivity index (χ4v) is 4.67. The highest BCUT2D eigenvalue weighted by molar-refractivity contribution is 7.92. The molecule has 8 heteroatoms. The molecule has 2 aromatic rings. The van der Waals surface area contributed by atoms with E-state index in [1.807, 2.05) is 26.0 Å². The first-order valence-electron chi connectivity index (χ1n) is 10.1. The van der Waals surface area contributed by atoms with E-state index in [0.717, 1.165) is 22.7 Å². The van der Waals surface area contributed by atoms with Gasteiger partial charge in [-0.25, -0.2) is 8.42 Å². The maximum Gasteiger partial charge on any atom is 0.264 e. The molecule has 1 fully saturated rings. The number of nitrogens with one attached hydrogen (secondary N) is 1. The topological polar surface area (TPSA) is 84.9 Å². The number of hydrogen-bond donors (Lipinski definition) is 1. The Morgan fingerprint density at radius 2 is 1.87 bits per heavy atom. The number of sulfonamides is 1. The molecule has 1 atom stereocenters. The van der Waals surface area contributed by atoms with Crippen LogP contribution in [0.4, 0.5) is 5.69 Å². The maximum absolute atomic E-state index is 13.4. The molecule has 3 rings (SSSR count). The minimum Gasteiger partial charge on any atom is -0.494 e. The van der Waals surface area contributed by atoms with Crippen LogP contribution in [0.1, 0.15) is 25.3 Å². The molecule has 7 nitrogen and oxygen atoms in total. The van der Waals surface area contributed by atoms with Crippen molar-refractivity contribution in [3.63, 3.8) is 0 Å². The van der Waals surface area contributed by atoms with Gasteiger partial charge in [0.1, 0.15) is 12.3 Å². The second-order valence-electron chi connectivity index (χ2n) is 7.19. The largest absolute Gasteiger partial charge is 0.494 e. The summed E-state index contributed by atoms with van der Waals surface area (Å²) in [5.74, 6) is 0.216. The normalized spacial score (nSPS) is 16.3. The summed E-state index contributed by atoms with van der Waals surface area (Å²) in [4.78, 5) is 12.7. The highest BCUT2D eigenvalue weighted by Gasteiger charge is 2.27. The van der Waals surface area contributed by atoms with E-state index in [0.29, 0.717) is 31.2 Å². The van der Waals surface area contributed by atoms with Gasteiger partial charge in [0.2, 0.25) is 5.91 Å². The Morgan fingerprint density at radius 3 is 2.47 bits per heavy atom. The van der Waals surface area contributed by atoms with Gasteiger partial charge < -0.3 is 14.8 Å². The van der Waals surface area contributed by atoms with Crippen LogP contribution < -0.4 is 14.4 Å². The second-order valence-corrected chi connectivity index (χ2v) is 9.05. The summed E-state index contributed by atoms with van der Waals surface area (Å²) >= 11 is 0. The summed E-state index contributed by atoms with van der Waals surface area (Å²) in [6, 6.07) is 13.3. The molecule has 0 aromatic heterocycles. The first-order chi connectivity index (χ1) is 14.4. The highest BCUT2D eigenvalue weighted by Crippen LogP contribution is 2.25. The van der Waals surface area contributed by atoms with E-state index in [1.165, 1.54) is 12.1 Å². The number of ether oxygens (including phenoxy) is 2. The quantitative estimate of drug-likeness (QED) is 0.659. The number of amides is 1. The van der Waals surface area contributed by atoms with Gasteiger partial charge in [-0.3, -0.25) is 9.10 Å². The lowest BCUT2D eigenvalue weighted by Crippen LogP contribution is -2.42. The second kappa shape index (κ2) is 9.95. The van der Waals surface area contributed by atoms with Gasteiger partial charge in [-0.2, -0.15) is 0 Å². The van der Waals surface area contributed by atoms with E-state index in [4.69, 9.17) is 9.47 Å². The van der Waals surface area contributed by atoms with E-state index in [9.17, 15) is 13.2 Å². The van der Waals surface area contributed by atoms with Crippen LogP contribution in [0.5, 0.6) is 5.75 Å². The van der Waals surface area contributed by atoms with E-state index in [-0.39, 0.29) is 23.5 Å². The molecular weight excluding hydrogens is 404 g/mol. The molecule has 0 bridgehead atoms. The number of hydrogen-bond acceptors (Lipinski definition) is 5. The molecule has 1 unspecified atom stereocenters. The average molecular weight is 433 g/mol. The first kappa shape index (κ1) is 22.1. The van der Waals surface area contributed by atoms with Gasteiger partial charge in [0, 0.05) is 13.2 Å². The Balaban J connectivity index is 1.82. The molecule has 1 amide bonds. The molecule has 0 aliphatic carbocycles. The molecule has 30 heavy (non-hydrogen) atoms. The monoisotopic (exact) mass is 432 g/mol. The van der Waals surface area contributed by atoms with Crippen molar-refractivity contribution in [2.45, 2.75) is 37.7 Å². The summed E-state index contributed by atoms with van der Waals surface area (Å²) in [6.45, 7) is 5.03. The highest BCUT2D eigenvalue weighted by atomic mass is 32.2. The molecule has 1 N–H and O–H groups in total. The predicted octanol–water partition coefficient (Wildman–Crippen LogP) is 2.88. The van der Waals surface area contributed by atoms with Gasteiger partial charge in [-0.1, -0.05) is 17.7 Å². The zero-order valence-electron chi connectivity index (χ0n) is 17.3. The number of aryl methyl sites for hydroxylation is 1. The van der Waals surface area contributed by atoms with Crippen molar-refractivity contribution in [1.82, 2.24) is 5.32 Å². The van der Waals surface area contributed by atoms with E-state index in [1.54, 1.807) is 24.3 Å². The van der Waals surface area contributed by atoms with Crippen LogP contribution in [-0.2, 0) is 19.6 Å². The first-order valence-corrected chi connectivity index (χ1v) is 11.5. The van der Waals surface area contributed by atoms with E-state index >= 15 is 0 Å². The summed E-state index contributed by atoms with van der Waals surface area (Å²) in [6.07, 6.45) is 1.86. The van der Waals surface area contributed by atoms with E-state index < -0.39 is 10.0 Å². The standard InChI is InChI=1S/C22H28N2O5S/c1-3-28-19-10-12-21(13-11-19)30(26,27)24(18-8-6-17(2)7-9-18)16-22(25)23-15-20-5-4-14-29-20/h6-13,20H,3-5,14-16H2,1-2H3,(H,23,25). The molecule has 0 spiro atoms. The van der Waals surface area contributed by atoms with Gasteiger partial charge in [-0.05, 0) is 63.1 Å². The van der Waals surface area contributed by atoms with Gasteiger partial charge in [0.25, 0.3) is 10.0 Å². The Kier molecular flexibility index (Phi) is 7.33. The van der Waals surface area contributed by atoms with Crippen molar-refractivity contribution in [3.05, 3.63) is 54.1 Å². The number of anilines is 1. The molecular formula is C22H28N2O5S. The molecule has 1 heterocycles. The van der Waals surface area contributed by atoms with Crippen molar-refractivity contribution in [2.75, 3.05) is 30.6 Å². The van der Waals surface area contributed by atoms with Crippen LogP contribution in [0.2, 0.25) is 0 Å². The minimum atomic E-state index is -3.95. The van der Waals surface area contributed by atoms with Crippen molar-refractivity contribution in [2.24, 2.45) is 0 Å². The van der Waals surface area contributed by atoms with Crippen LogP contribution in [-0.4, -0.2) is 46.7 Å². The summed E-state index contributed by atoms with van der Waals surface area (Å²) in [5, 5.41) is 2.80. The molecule has 1 aliphatic rings. The van der Waals surface area contributed by atoms with Crippen LogP contribution in [0.3, 0.4) is 0 Å². The van der Waals surface area contributed by atoms with Crippen molar-refractivity contribution in [1.29, 1.82) is 0 Å². The molecule has 1 saturated heterocycles. The smallest absolute Gasteiger partial charge is 0.264 e. The number of nitrogens with zero attached hydrogens (tertiary/aromatic N) is 1. The SMILES string of the molecule is CCOc1ccc(S(=O)(=O)N(CC(=O)NCC2CCCO2)c2ccc(C)cc2)cc1. The van der Waals surface area contributed by atoms with Gasteiger partial charge in [0.15, 0.2) is 0 Å². The van der Waals surface area contributed by atoms with E-state index in [2.05, 4.69) is 5.32 Å². The zero-order chi connectivity index (χ0) is 21.6. The lowest BCUT2D eigenvalue weighted by Gasteiger charge is -2.24. The zero-order valence-corrected chi connectivity index (χ0v) is 18.2. The molecule has 2 aromatic carbocycles. The predicted molar refractivity (Wildman–Crippen MR) is 115 cm³/mol. The van der Waals surface area contributed by atoms with Crippen LogP contribution in [0.25, 0.3) is 0 Å². The van der Waals surface area contributed by atoms with Gasteiger partial charge in [-0.15, -0.1) is 0 Å². The average Bonchev–Trinajstić information content (AvgIpc) is 3.26. The fourth-order valence-electron chi connectivity index (χ4n) is 3.25. The van der Waals surface area contributed by atoms with Crippen molar-refractivity contribution in [3.8, 4) is 5.75 Å². The Hall–Kier alpha value is -2.58. The van der Waals surface area contributed by atoms with Gasteiger partial charge >= 0.3 is 0 Å². The molecule has 0 saturated carbocycles. The molecule has 1 aliphatic heterocycles. The number of benzene rings is 2. The molecule has 0 radical (unpaired) electrons. The van der Waals surface area contributed by atoms with Crippen LogP contribution >= 0.6 is 0 Å². The minimum absolute atomic E-state index is 0.00973.